The molecule has 3 N–H and O–H groups in total. The molecule has 2 aliphatic rings. The first-order chi connectivity index (χ1) is 18.8. The molecule has 2 heterocycles. The topological polar surface area (TPSA) is 99.0 Å². The van der Waals surface area contributed by atoms with Gasteiger partial charge >= 0.3 is 0 Å². The zero-order valence-corrected chi connectivity index (χ0v) is 23.4. The highest BCUT2D eigenvalue weighted by molar-refractivity contribution is 7.89. The van der Waals surface area contributed by atoms with Crippen molar-refractivity contribution in [1.82, 2.24) is 19.4 Å². The Labute approximate surface area is 231 Å². The van der Waals surface area contributed by atoms with Gasteiger partial charge in [0, 0.05) is 57.8 Å². The summed E-state index contributed by atoms with van der Waals surface area (Å²) >= 11 is 0. The Morgan fingerprint density at radius 2 is 1.54 bits per heavy atom. The molecule has 1 atom stereocenters. The number of fused-ring (bicyclic) bond motifs is 1. The van der Waals surface area contributed by atoms with Gasteiger partial charge in [-0.05, 0) is 48.4 Å². The van der Waals surface area contributed by atoms with Crippen LogP contribution in [0.1, 0.15) is 30.9 Å². The second kappa shape index (κ2) is 11.7. The van der Waals surface area contributed by atoms with Gasteiger partial charge in [0.15, 0.2) is 0 Å². The fourth-order valence-corrected chi connectivity index (χ4v) is 7.17. The molecule has 1 amide bonds. The second-order valence-electron chi connectivity index (χ2n) is 10.9. The number of piperazine rings is 1. The number of sulfonamides is 1. The van der Waals surface area contributed by atoms with Crippen molar-refractivity contribution in [3.8, 4) is 0 Å². The average molecular weight is 550 g/mol. The minimum Gasteiger partial charge on any atom is -0.342 e. The van der Waals surface area contributed by atoms with Gasteiger partial charge in [0.05, 0.1) is 10.9 Å². The van der Waals surface area contributed by atoms with Crippen LogP contribution < -0.4 is 10.5 Å². The van der Waals surface area contributed by atoms with Crippen LogP contribution in [0.3, 0.4) is 0 Å². The van der Waals surface area contributed by atoms with E-state index in [1.165, 1.54) is 0 Å². The number of rotatable bonds is 8. The zero-order valence-electron chi connectivity index (χ0n) is 22.6. The summed E-state index contributed by atoms with van der Waals surface area (Å²) in [4.78, 5) is 20.5. The van der Waals surface area contributed by atoms with Crippen molar-refractivity contribution in [2.24, 2.45) is 5.73 Å². The highest BCUT2D eigenvalue weighted by atomic mass is 32.2. The maximum Gasteiger partial charge on any atom is 0.241 e. The number of likely N-dealkylation sites (tertiary alicyclic amines) is 1. The Hall–Kier alpha value is -2.82. The van der Waals surface area contributed by atoms with Crippen LogP contribution in [0.4, 0.5) is 0 Å². The molecule has 0 spiro atoms. The smallest absolute Gasteiger partial charge is 0.241 e. The number of likely N-dealkylation sites (N-methyl/N-ethyl adjacent to an activating group) is 1. The summed E-state index contributed by atoms with van der Waals surface area (Å²) < 4.78 is 29.8. The monoisotopic (exact) mass is 549 g/mol. The molecule has 0 bridgehead atoms. The minimum absolute atomic E-state index is 0.0472. The number of carbonyl (C=O) groups is 1. The summed E-state index contributed by atoms with van der Waals surface area (Å²) in [5, 5.41) is 1.83. The maximum absolute atomic E-state index is 13.5. The predicted octanol–water partition coefficient (Wildman–Crippen LogP) is 2.82. The largest absolute Gasteiger partial charge is 0.342 e. The van der Waals surface area contributed by atoms with Crippen LogP contribution in [-0.2, 0) is 14.8 Å². The molecule has 208 valence electrons. The Balaban J connectivity index is 1.30. The van der Waals surface area contributed by atoms with Gasteiger partial charge in [-0.1, -0.05) is 60.7 Å². The van der Waals surface area contributed by atoms with E-state index in [0.29, 0.717) is 19.6 Å². The third-order valence-corrected chi connectivity index (χ3v) is 9.98. The first-order valence-electron chi connectivity index (χ1n) is 13.8. The summed E-state index contributed by atoms with van der Waals surface area (Å²) in [7, 11) is -1.72. The number of hydrogen-bond acceptors (Lipinski definition) is 6. The Morgan fingerprint density at radius 1 is 0.897 bits per heavy atom. The standard InChI is InChI=1S/C30H39N5O3S/c1-33-17-19-35(20-18-33)30(23-31)13-15-34(16-14-30)29(36)22-28(25-8-3-2-4-9-25)32-39(37,38)27-12-11-24-7-5-6-10-26(24)21-27/h2-12,21,28,32H,13-20,22-23,31H2,1H3. The Bertz CT molecular complexity index is 1380. The average Bonchev–Trinajstić information content (AvgIpc) is 2.97. The molecule has 2 fully saturated rings. The summed E-state index contributed by atoms with van der Waals surface area (Å²) in [6, 6.07) is 21.4. The van der Waals surface area contributed by atoms with Crippen molar-refractivity contribution in [1.29, 1.82) is 0 Å². The zero-order chi connectivity index (χ0) is 27.5. The lowest BCUT2D eigenvalue weighted by Gasteiger charge is -2.51. The number of hydrogen-bond donors (Lipinski definition) is 2. The number of nitrogens with one attached hydrogen (secondary N) is 1. The van der Waals surface area contributed by atoms with Gasteiger partial charge in [0.2, 0.25) is 15.9 Å². The number of nitrogens with zero attached hydrogens (tertiary/aromatic N) is 3. The molecule has 1 unspecified atom stereocenters. The fraction of sp³-hybridized carbons (Fsp3) is 0.433. The molecule has 39 heavy (non-hydrogen) atoms. The van der Waals surface area contributed by atoms with Crippen molar-refractivity contribution in [2.45, 2.75) is 35.7 Å². The van der Waals surface area contributed by atoms with E-state index in [-0.39, 0.29) is 22.8 Å². The minimum atomic E-state index is -3.86. The number of carbonyl (C=O) groups excluding carboxylic acids is 1. The van der Waals surface area contributed by atoms with Gasteiger partial charge in [-0.2, -0.15) is 0 Å². The van der Waals surface area contributed by atoms with Crippen LogP contribution in [0.5, 0.6) is 0 Å². The lowest BCUT2D eigenvalue weighted by molar-refractivity contribution is -0.134. The SMILES string of the molecule is CN1CCN(C2(CN)CCN(C(=O)CC(NS(=O)(=O)c3ccc4ccccc4c3)c3ccccc3)CC2)CC1. The molecule has 0 aromatic heterocycles. The van der Waals surface area contributed by atoms with E-state index in [9.17, 15) is 13.2 Å². The van der Waals surface area contributed by atoms with Gasteiger partial charge in [-0.15, -0.1) is 0 Å². The molecule has 2 saturated heterocycles. The molecule has 8 nitrogen and oxygen atoms in total. The number of piperidine rings is 1. The van der Waals surface area contributed by atoms with Crippen LogP contribution in [0.2, 0.25) is 0 Å². The summed E-state index contributed by atoms with van der Waals surface area (Å²) in [6.45, 7) is 5.88. The van der Waals surface area contributed by atoms with Crippen molar-refractivity contribution in [3.05, 3.63) is 78.4 Å². The van der Waals surface area contributed by atoms with E-state index in [1.807, 2.05) is 65.6 Å². The third kappa shape index (κ3) is 6.18. The van der Waals surface area contributed by atoms with E-state index < -0.39 is 16.1 Å². The number of benzene rings is 3. The summed E-state index contributed by atoms with van der Waals surface area (Å²) in [5.74, 6) is -0.0472. The molecule has 0 aliphatic carbocycles. The molecule has 2 aliphatic heterocycles. The van der Waals surface area contributed by atoms with Crippen LogP contribution in [0, 0.1) is 0 Å². The Kier molecular flexibility index (Phi) is 8.35. The molecule has 9 heteroatoms. The maximum atomic E-state index is 13.5. The predicted molar refractivity (Wildman–Crippen MR) is 155 cm³/mol. The lowest BCUT2D eigenvalue weighted by Crippen LogP contribution is -2.63. The Morgan fingerprint density at radius 3 is 2.21 bits per heavy atom. The summed E-state index contributed by atoms with van der Waals surface area (Å²) in [5.41, 5.74) is 7.00. The highest BCUT2D eigenvalue weighted by Crippen LogP contribution is 2.31. The van der Waals surface area contributed by atoms with E-state index in [2.05, 4.69) is 21.6 Å². The number of amides is 1. The van der Waals surface area contributed by atoms with E-state index in [1.54, 1.807) is 12.1 Å². The second-order valence-corrected chi connectivity index (χ2v) is 12.6. The first kappa shape index (κ1) is 27.7. The van der Waals surface area contributed by atoms with E-state index in [0.717, 1.165) is 55.4 Å². The van der Waals surface area contributed by atoms with Gasteiger partial charge in [0.1, 0.15) is 0 Å². The first-order valence-corrected chi connectivity index (χ1v) is 15.3. The quantitative estimate of drug-likeness (QED) is 0.449. The molecule has 5 rings (SSSR count). The van der Waals surface area contributed by atoms with Crippen molar-refractivity contribution >= 4 is 26.7 Å². The van der Waals surface area contributed by atoms with Gasteiger partial charge in [-0.3, -0.25) is 9.69 Å². The third-order valence-electron chi connectivity index (χ3n) is 8.51. The van der Waals surface area contributed by atoms with E-state index >= 15 is 0 Å². The van der Waals surface area contributed by atoms with Gasteiger partial charge in [-0.25, -0.2) is 13.1 Å². The fourth-order valence-electron chi connectivity index (χ4n) is 5.91. The molecule has 0 radical (unpaired) electrons. The molecular formula is C30H39N5O3S. The number of nitrogens with two attached hydrogens (primary N) is 1. The van der Waals surface area contributed by atoms with Crippen molar-refractivity contribution in [2.75, 3.05) is 52.9 Å². The van der Waals surface area contributed by atoms with Crippen molar-refractivity contribution < 1.29 is 13.2 Å². The highest BCUT2D eigenvalue weighted by Gasteiger charge is 2.41. The molecule has 3 aromatic carbocycles. The van der Waals surface area contributed by atoms with Crippen LogP contribution in [0.25, 0.3) is 10.8 Å². The van der Waals surface area contributed by atoms with Gasteiger partial charge < -0.3 is 15.5 Å². The normalized spacial score (nSPS) is 19.7. The van der Waals surface area contributed by atoms with Crippen molar-refractivity contribution in [3.63, 3.8) is 0 Å². The van der Waals surface area contributed by atoms with Gasteiger partial charge in [0.25, 0.3) is 0 Å². The molecular weight excluding hydrogens is 510 g/mol. The summed E-state index contributed by atoms with van der Waals surface area (Å²) in [6.07, 6.45) is 1.72. The molecule has 3 aromatic rings. The lowest BCUT2D eigenvalue weighted by atomic mass is 9.84. The molecule has 0 saturated carbocycles. The van der Waals surface area contributed by atoms with Crippen LogP contribution >= 0.6 is 0 Å². The van der Waals surface area contributed by atoms with Crippen LogP contribution in [-0.4, -0.2) is 87.4 Å². The van der Waals surface area contributed by atoms with E-state index in [4.69, 9.17) is 5.73 Å². The van der Waals surface area contributed by atoms with Crippen LogP contribution in [0.15, 0.2) is 77.7 Å².